The number of imide groups is 2. The Bertz CT molecular complexity index is 1830. The van der Waals surface area contributed by atoms with Gasteiger partial charge in [0.1, 0.15) is 18.0 Å². The minimum absolute atomic E-state index is 0.0170. The minimum atomic E-state index is -2.73. The molecule has 260 valence electrons. The number of carbonyl (C=O) groups excluding carboxylic acids is 4. The highest BCUT2D eigenvalue weighted by molar-refractivity contribution is 6.58. The van der Waals surface area contributed by atoms with Gasteiger partial charge in [0.05, 0.1) is 18.4 Å². The molecular formula is C32H25Cl2F5N2O8. The van der Waals surface area contributed by atoms with Gasteiger partial charge in [-0.25, -0.2) is 26.9 Å². The molecule has 2 aromatic carbocycles. The van der Waals surface area contributed by atoms with Crippen molar-refractivity contribution < 1.29 is 60.9 Å². The fourth-order valence-corrected chi connectivity index (χ4v) is 8.52. The molecule has 4 amide bonds. The number of alkyl halides is 2. The Kier molecular flexibility index (Phi) is 8.77. The molecule has 0 spiro atoms. The summed E-state index contributed by atoms with van der Waals surface area (Å²) >= 11 is 14.2. The van der Waals surface area contributed by atoms with Crippen LogP contribution in [0.3, 0.4) is 0 Å². The lowest BCUT2D eigenvalue weighted by atomic mass is 9.56. The summed E-state index contributed by atoms with van der Waals surface area (Å²) in [5, 5.41) is 18.5. The normalized spacial score (nSPS) is 29.2. The first-order valence-corrected chi connectivity index (χ1v) is 15.8. The van der Waals surface area contributed by atoms with Gasteiger partial charge in [-0.2, -0.15) is 0 Å². The van der Waals surface area contributed by atoms with Gasteiger partial charge in [-0.05, 0) is 31.2 Å². The molecule has 10 nitrogen and oxygen atoms in total. The predicted molar refractivity (Wildman–Crippen MR) is 159 cm³/mol. The van der Waals surface area contributed by atoms with Crippen molar-refractivity contribution in [3.8, 4) is 5.75 Å². The van der Waals surface area contributed by atoms with Crippen LogP contribution in [0.1, 0.15) is 37.2 Å². The van der Waals surface area contributed by atoms with E-state index in [9.17, 15) is 42.3 Å². The number of para-hydroxylation sites is 1. The van der Waals surface area contributed by atoms with Gasteiger partial charge in [-0.15, -0.1) is 23.2 Å². The Morgan fingerprint density at radius 3 is 2.18 bits per heavy atom. The number of anilines is 1. The predicted octanol–water partition coefficient (Wildman–Crippen LogP) is 4.18. The van der Waals surface area contributed by atoms with Crippen molar-refractivity contribution in [3.05, 3.63) is 70.6 Å². The number of aliphatic hydroxyl groups is 1. The summed E-state index contributed by atoms with van der Waals surface area (Å²) in [5.41, 5.74) is -1.60. The van der Waals surface area contributed by atoms with E-state index in [1.165, 1.54) is 30.3 Å². The van der Waals surface area contributed by atoms with E-state index in [1.54, 1.807) is 0 Å². The quantitative estimate of drug-likeness (QED) is 0.0978. The van der Waals surface area contributed by atoms with Crippen LogP contribution >= 0.6 is 23.2 Å². The Morgan fingerprint density at radius 2 is 1.55 bits per heavy atom. The van der Waals surface area contributed by atoms with Crippen LogP contribution in [-0.2, 0) is 24.0 Å². The first-order valence-electron chi connectivity index (χ1n) is 15.0. The second-order valence-corrected chi connectivity index (χ2v) is 13.4. The van der Waals surface area contributed by atoms with E-state index < -0.39 is 111 Å². The molecule has 0 unspecified atom stereocenters. The Morgan fingerprint density at radius 1 is 0.918 bits per heavy atom. The molecule has 2 N–H and O–H groups in total. The van der Waals surface area contributed by atoms with Crippen molar-refractivity contribution in [1.29, 1.82) is 0 Å². The highest BCUT2D eigenvalue weighted by Crippen LogP contribution is 2.66. The average Bonchev–Trinajstić information content (AvgIpc) is 3.40. The molecule has 4 aliphatic rings. The van der Waals surface area contributed by atoms with E-state index in [0.717, 1.165) is 4.90 Å². The summed E-state index contributed by atoms with van der Waals surface area (Å²) < 4.78 is 78.8. The molecule has 1 saturated carbocycles. The molecule has 2 saturated heterocycles. The number of carboxylic acids is 1. The maximum atomic E-state index is 15.2. The van der Waals surface area contributed by atoms with Crippen molar-refractivity contribution in [2.75, 3.05) is 24.7 Å². The van der Waals surface area contributed by atoms with Crippen molar-refractivity contribution in [1.82, 2.24) is 4.90 Å². The fourth-order valence-electron chi connectivity index (χ4n) is 7.59. The second kappa shape index (κ2) is 12.4. The average molecular weight is 731 g/mol. The molecule has 2 aliphatic heterocycles. The molecule has 3 fully saturated rings. The molecule has 6 atom stereocenters. The van der Waals surface area contributed by atoms with Crippen LogP contribution in [0.25, 0.3) is 0 Å². The van der Waals surface area contributed by atoms with Crippen LogP contribution < -0.4 is 9.64 Å². The Labute approximate surface area is 284 Å². The number of halogens is 7. The molecule has 2 aromatic rings. The number of carbonyl (C=O) groups is 5. The number of benzene rings is 2. The van der Waals surface area contributed by atoms with Gasteiger partial charge in [0.15, 0.2) is 33.0 Å². The van der Waals surface area contributed by atoms with E-state index >= 15 is 8.78 Å². The van der Waals surface area contributed by atoms with Crippen LogP contribution in [0.4, 0.5) is 27.6 Å². The molecule has 49 heavy (non-hydrogen) atoms. The molecular weight excluding hydrogens is 706 g/mol. The first-order chi connectivity index (χ1) is 23.1. The SMILES string of the molecule is O=C(O)CCCN1C(=O)[C@H]2[C@H](CC=C3[C@H]2C[C@@]2(Cl)C(=O)N(c4c(F)c(F)c(F)c(F)c4F)C(=O)[C@@]2(Cl)[C@H]3c2ccccc2OCCO)C1=O. The summed E-state index contributed by atoms with van der Waals surface area (Å²) in [6.07, 6.45) is 0.391. The third-order valence-electron chi connectivity index (χ3n) is 9.66. The smallest absolute Gasteiger partial charge is 0.303 e. The highest BCUT2D eigenvalue weighted by Gasteiger charge is 2.77. The zero-order chi connectivity index (χ0) is 35.7. The molecule has 6 rings (SSSR count). The molecule has 17 heteroatoms. The van der Waals surface area contributed by atoms with E-state index in [4.69, 9.17) is 33.0 Å². The molecule has 0 radical (unpaired) electrons. The summed E-state index contributed by atoms with van der Waals surface area (Å²) in [4.78, 5) is 62.2. The Balaban J connectivity index is 1.55. The molecule has 2 heterocycles. The molecule has 0 aromatic heterocycles. The van der Waals surface area contributed by atoms with Gasteiger partial charge in [0, 0.05) is 24.4 Å². The summed E-state index contributed by atoms with van der Waals surface area (Å²) in [5.74, 6) is -23.0. The van der Waals surface area contributed by atoms with E-state index in [0.29, 0.717) is 0 Å². The Hall–Kier alpha value is -4.08. The van der Waals surface area contributed by atoms with Crippen LogP contribution in [0.5, 0.6) is 5.75 Å². The van der Waals surface area contributed by atoms with Gasteiger partial charge < -0.3 is 14.9 Å². The van der Waals surface area contributed by atoms with Crippen molar-refractivity contribution in [2.24, 2.45) is 17.8 Å². The number of ether oxygens (including phenoxy) is 1. The van der Waals surface area contributed by atoms with E-state index in [1.807, 2.05) is 0 Å². The zero-order valence-corrected chi connectivity index (χ0v) is 26.5. The number of rotatable bonds is 9. The van der Waals surface area contributed by atoms with Gasteiger partial charge >= 0.3 is 5.97 Å². The van der Waals surface area contributed by atoms with Crippen molar-refractivity contribution in [2.45, 2.75) is 41.3 Å². The minimum Gasteiger partial charge on any atom is -0.491 e. The summed E-state index contributed by atoms with van der Waals surface area (Å²) in [6.45, 7) is -0.948. The number of amides is 4. The van der Waals surface area contributed by atoms with Gasteiger partial charge in [0.25, 0.3) is 11.8 Å². The van der Waals surface area contributed by atoms with Crippen LogP contribution in [0.15, 0.2) is 35.9 Å². The standard InChI is InChI=1S/C32H25Cl2F5N2O8/c33-31-12-16-13(7-8-15-19(16)28(46)40(27(15)45)9-3-6-18(43)44)20(14-4-1-2-5-17(14)49-11-10-42)32(31,34)30(48)41(29(31)47)26-24(38)22(36)21(35)23(37)25(26)39/h1-2,4-5,7,15-16,19-20,42H,3,6,8-12H2,(H,43,44)/t15-,16+,19-,20+,31+,32-/m0/s1. The lowest BCUT2D eigenvalue weighted by Gasteiger charge is -2.51. The monoisotopic (exact) mass is 730 g/mol. The van der Waals surface area contributed by atoms with Crippen molar-refractivity contribution >= 4 is 58.5 Å². The maximum Gasteiger partial charge on any atom is 0.303 e. The number of allylic oxidation sites excluding steroid dienone is 2. The number of hydrogen-bond donors (Lipinski definition) is 2. The molecule has 0 bridgehead atoms. The zero-order valence-electron chi connectivity index (χ0n) is 25.0. The van der Waals surface area contributed by atoms with Gasteiger partial charge in [0.2, 0.25) is 17.6 Å². The number of nitrogens with zero attached hydrogens (tertiary/aromatic N) is 2. The maximum absolute atomic E-state index is 15.2. The lowest BCUT2D eigenvalue weighted by molar-refractivity contribution is -0.142. The third kappa shape index (κ3) is 4.87. The number of likely N-dealkylation sites (tertiary alicyclic amines) is 1. The second-order valence-electron chi connectivity index (χ2n) is 12.1. The largest absolute Gasteiger partial charge is 0.491 e. The summed E-state index contributed by atoms with van der Waals surface area (Å²) in [7, 11) is 0. The van der Waals surface area contributed by atoms with E-state index in [2.05, 4.69) is 0 Å². The first kappa shape index (κ1) is 34.8. The van der Waals surface area contributed by atoms with Crippen molar-refractivity contribution in [3.63, 3.8) is 0 Å². The van der Waals surface area contributed by atoms with E-state index in [-0.39, 0.29) is 54.2 Å². The van der Waals surface area contributed by atoms with Gasteiger partial charge in [-0.3, -0.25) is 28.9 Å². The topological polar surface area (TPSA) is 142 Å². The number of carboxylic acid groups (broad SMARTS) is 1. The lowest BCUT2D eigenvalue weighted by Crippen LogP contribution is -2.60. The number of aliphatic carboxylic acids is 1. The van der Waals surface area contributed by atoms with Gasteiger partial charge in [-0.1, -0.05) is 29.8 Å². The van der Waals surface area contributed by atoms with Crippen LogP contribution in [-0.4, -0.2) is 74.2 Å². The fraction of sp³-hybridized carbons (Fsp3) is 0.406. The number of fused-ring (bicyclic) bond motifs is 4. The number of hydrogen-bond acceptors (Lipinski definition) is 7. The third-order valence-corrected chi connectivity index (χ3v) is 11.1. The summed E-state index contributed by atoms with van der Waals surface area (Å²) in [6, 6.07) is 5.86. The highest BCUT2D eigenvalue weighted by atomic mass is 35.5. The number of aliphatic hydroxyl groups excluding tert-OH is 1. The molecule has 2 aliphatic carbocycles. The van der Waals surface area contributed by atoms with Crippen LogP contribution in [0, 0.1) is 46.8 Å². The van der Waals surface area contributed by atoms with Crippen LogP contribution in [0.2, 0.25) is 0 Å².